The van der Waals surface area contributed by atoms with E-state index in [0.717, 1.165) is 17.0 Å². The van der Waals surface area contributed by atoms with Gasteiger partial charge in [-0.3, -0.25) is 4.79 Å². The molecule has 0 saturated carbocycles. The Balaban J connectivity index is 2.24. The first-order chi connectivity index (χ1) is 6.31. The minimum atomic E-state index is -0.364. The number of thiazole rings is 1. The van der Waals surface area contributed by atoms with Gasteiger partial charge in [0.2, 0.25) is 6.29 Å². The third-order valence-corrected chi connectivity index (χ3v) is 2.88. The Hall–Kier alpha value is -0.780. The number of hydrogen-bond acceptors (Lipinski definition) is 5. The minimum absolute atomic E-state index is 0.364. The molecule has 70 valence electrons. The van der Waals surface area contributed by atoms with Crippen LogP contribution in [-0.4, -0.2) is 24.5 Å². The van der Waals surface area contributed by atoms with Gasteiger partial charge in [0.25, 0.3) is 0 Å². The van der Waals surface area contributed by atoms with Gasteiger partial charge in [-0.05, 0) is 6.92 Å². The summed E-state index contributed by atoms with van der Waals surface area (Å²) in [5.74, 6) is 0. The zero-order valence-electron chi connectivity index (χ0n) is 7.15. The molecule has 0 bridgehead atoms. The van der Waals surface area contributed by atoms with Crippen LogP contribution in [0.4, 0.5) is 0 Å². The SMILES string of the molecule is Cc1nc(C2OCCO2)sc1C=O. The summed E-state index contributed by atoms with van der Waals surface area (Å²) in [5.41, 5.74) is 0.745. The molecule has 1 aromatic rings. The quantitative estimate of drug-likeness (QED) is 0.674. The molecule has 0 spiro atoms. The lowest BCUT2D eigenvalue weighted by Gasteiger charge is -2.02. The van der Waals surface area contributed by atoms with E-state index in [1.165, 1.54) is 11.3 Å². The van der Waals surface area contributed by atoms with Gasteiger partial charge < -0.3 is 9.47 Å². The van der Waals surface area contributed by atoms with Gasteiger partial charge in [0.1, 0.15) is 5.01 Å². The van der Waals surface area contributed by atoms with Crippen LogP contribution in [0.2, 0.25) is 0 Å². The van der Waals surface area contributed by atoms with Crippen molar-refractivity contribution in [1.29, 1.82) is 0 Å². The number of aldehydes is 1. The molecular weight excluding hydrogens is 190 g/mol. The number of nitrogens with zero attached hydrogens (tertiary/aromatic N) is 1. The monoisotopic (exact) mass is 199 g/mol. The predicted molar refractivity (Wildman–Crippen MR) is 46.9 cm³/mol. The van der Waals surface area contributed by atoms with Crippen molar-refractivity contribution in [1.82, 2.24) is 4.98 Å². The van der Waals surface area contributed by atoms with Gasteiger partial charge in [0.05, 0.1) is 23.8 Å². The minimum Gasteiger partial charge on any atom is -0.344 e. The van der Waals surface area contributed by atoms with Gasteiger partial charge in [-0.1, -0.05) is 0 Å². The molecule has 0 aromatic carbocycles. The van der Waals surface area contributed by atoms with E-state index in [1.54, 1.807) is 6.92 Å². The highest BCUT2D eigenvalue weighted by molar-refractivity contribution is 7.13. The maximum atomic E-state index is 10.5. The van der Waals surface area contributed by atoms with Crippen molar-refractivity contribution in [3.8, 4) is 0 Å². The lowest BCUT2D eigenvalue weighted by atomic mass is 10.4. The molecule has 13 heavy (non-hydrogen) atoms. The van der Waals surface area contributed by atoms with Crippen molar-refractivity contribution in [2.24, 2.45) is 0 Å². The molecular formula is C8H9NO3S. The van der Waals surface area contributed by atoms with E-state index < -0.39 is 0 Å². The molecule has 0 amide bonds. The van der Waals surface area contributed by atoms with Crippen molar-refractivity contribution in [2.45, 2.75) is 13.2 Å². The first kappa shape index (κ1) is 8.80. The van der Waals surface area contributed by atoms with Crippen LogP contribution in [0.5, 0.6) is 0 Å². The number of hydrogen-bond donors (Lipinski definition) is 0. The number of carbonyl (C=O) groups excluding carboxylic acids is 1. The second-order valence-corrected chi connectivity index (χ2v) is 3.76. The van der Waals surface area contributed by atoms with E-state index in [4.69, 9.17) is 9.47 Å². The van der Waals surface area contributed by atoms with Crippen LogP contribution in [0.1, 0.15) is 26.7 Å². The van der Waals surface area contributed by atoms with Crippen LogP contribution < -0.4 is 0 Å². The number of ether oxygens (including phenoxy) is 2. The topological polar surface area (TPSA) is 48.4 Å². The molecule has 2 rings (SSSR count). The zero-order valence-corrected chi connectivity index (χ0v) is 7.97. The molecule has 0 atom stereocenters. The molecule has 1 fully saturated rings. The van der Waals surface area contributed by atoms with Gasteiger partial charge in [0.15, 0.2) is 6.29 Å². The van der Waals surface area contributed by atoms with Crippen LogP contribution in [0, 0.1) is 6.92 Å². The molecule has 0 N–H and O–H groups in total. The fourth-order valence-electron chi connectivity index (χ4n) is 1.14. The third kappa shape index (κ3) is 1.63. The molecule has 4 nitrogen and oxygen atoms in total. The Morgan fingerprint density at radius 2 is 2.23 bits per heavy atom. The average molecular weight is 199 g/mol. The highest BCUT2D eigenvalue weighted by atomic mass is 32.1. The van der Waals surface area contributed by atoms with Crippen LogP contribution in [0.15, 0.2) is 0 Å². The fourth-order valence-corrected chi connectivity index (χ4v) is 2.02. The summed E-state index contributed by atoms with van der Waals surface area (Å²) >= 11 is 1.33. The number of rotatable bonds is 2. The maximum absolute atomic E-state index is 10.5. The van der Waals surface area contributed by atoms with Gasteiger partial charge in [-0.15, -0.1) is 11.3 Å². The van der Waals surface area contributed by atoms with E-state index in [-0.39, 0.29) is 6.29 Å². The third-order valence-electron chi connectivity index (χ3n) is 1.78. The number of carbonyl (C=O) groups is 1. The first-order valence-electron chi connectivity index (χ1n) is 3.97. The summed E-state index contributed by atoms with van der Waals surface area (Å²) in [6.07, 6.45) is 0.447. The second-order valence-electron chi connectivity index (χ2n) is 2.69. The Morgan fingerprint density at radius 3 is 2.77 bits per heavy atom. The molecule has 1 aromatic heterocycles. The summed E-state index contributed by atoms with van der Waals surface area (Å²) in [4.78, 5) is 15.4. The molecule has 2 heterocycles. The van der Waals surface area contributed by atoms with Gasteiger partial charge in [-0.25, -0.2) is 4.98 Å². The van der Waals surface area contributed by atoms with Crippen LogP contribution >= 0.6 is 11.3 Å². The average Bonchev–Trinajstić information content (AvgIpc) is 2.71. The Bertz CT molecular complexity index is 317. The highest BCUT2D eigenvalue weighted by Crippen LogP contribution is 2.28. The highest BCUT2D eigenvalue weighted by Gasteiger charge is 2.22. The normalized spacial score (nSPS) is 17.9. The number of aryl methyl sites for hydroxylation is 1. The number of aromatic nitrogens is 1. The first-order valence-corrected chi connectivity index (χ1v) is 4.78. The molecule has 1 saturated heterocycles. The Labute approximate surface area is 79.5 Å². The molecule has 5 heteroatoms. The van der Waals surface area contributed by atoms with Crippen molar-refractivity contribution in [3.05, 3.63) is 15.6 Å². The largest absolute Gasteiger partial charge is 0.344 e. The van der Waals surface area contributed by atoms with Gasteiger partial charge in [0, 0.05) is 0 Å². The van der Waals surface area contributed by atoms with E-state index in [2.05, 4.69) is 4.98 Å². The smallest absolute Gasteiger partial charge is 0.211 e. The molecule has 1 aliphatic rings. The van der Waals surface area contributed by atoms with E-state index in [0.29, 0.717) is 18.1 Å². The van der Waals surface area contributed by atoms with Gasteiger partial charge in [-0.2, -0.15) is 0 Å². The van der Waals surface area contributed by atoms with E-state index >= 15 is 0 Å². The van der Waals surface area contributed by atoms with Gasteiger partial charge >= 0.3 is 0 Å². The summed E-state index contributed by atoms with van der Waals surface area (Å²) in [7, 11) is 0. The predicted octanol–water partition coefficient (Wildman–Crippen LogP) is 1.31. The Kier molecular flexibility index (Phi) is 2.39. The van der Waals surface area contributed by atoms with Crippen LogP contribution in [-0.2, 0) is 9.47 Å². The van der Waals surface area contributed by atoms with Crippen molar-refractivity contribution in [3.63, 3.8) is 0 Å². The zero-order chi connectivity index (χ0) is 9.26. The second kappa shape index (κ2) is 3.53. The molecule has 0 aliphatic carbocycles. The lowest BCUT2D eigenvalue weighted by molar-refractivity contribution is -0.0442. The molecule has 0 unspecified atom stereocenters. The standard InChI is InChI=1S/C8H9NO3S/c1-5-6(4-10)13-7(9-5)8-11-2-3-12-8/h4,8H,2-3H2,1H3. The van der Waals surface area contributed by atoms with Crippen molar-refractivity contribution >= 4 is 17.6 Å². The Morgan fingerprint density at radius 1 is 1.54 bits per heavy atom. The molecule has 0 radical (unpaired) electrons. The summed E-state index contributed by atoms with van der Waals surface area (Å²) in [6, 6.07) is 0. The van der Waals surface area contributed by atoms with E-state index in [9.17, 15) is 4.79 Å². The lowest BCUT2D eigenvalue weighted by Crippen LogP contribution is -1.96. The van der Waals surface area contributed by atoms with Crippen LogP contribution in [0.25, 0.3) is 0 Å². The molecule has 1 aliphatic heterocycles. The summed E-state index contributed by atoms with van der Waals surface area (Å²) < 4.78 is 10.5. The fraction of sp³-hybridized carbons (Fsp3) is 0.500. The van der Waals surface area contributed by atoms with Crippen LogP contribution in [0.3, 0.4) is 0 Å². The summed E-state index contributed by atoms with van der Waals surface area (Å²) in [6.45, 7) is 3.00. The maximum Gasteiger partial charge on any atom is 0.211 e. The van der Waals surface area contributed by atoms with Crippen molar-refractivity contribution < 1.29 is 14.3 Å². The van der Waals surface area contributed by atoms with E-state index in [1.807, 2.05) is 0 Å². The van der Waals surface area contributed by atoms with Crippen molar-refractivity contribution in [2.75, 3.05) is 13.2 Å². The summed E-state index contributed by atoms with van der Waals surface area (Å²) in [5, 5.41) is 0.733.